The molecular formula is C16H29BrCl2N2O2. The lowest BCUT2D eigenvalue weighted by Gasteiger charge is -2.15. The van der Waals surface area contributed by atoms with Gasteiger partial charge in [-0.15, -0.1) is 24.8 Å². The number of nitrogens with one attached hydrogen (secondary N) is 1. The van der Waals surface area contributed by atoms with Gasteiger partial charge in [-0.1, -0.05) is 0 Å². The van der Waals surface area contributed by atoms with Gasteiger partial charge < -0.3 is 19.7 Å². The van der Waals surface area contributed by atoms with E-state index in [0.717, 1.165) is 42.0 Å². The fourth-order valence-corrected chi connectivity index (χ4v) is 2.63. The quantitative estimate of drug-likeness (QED) is 0.564. The second-order valence-corrected chi connectivity index (χ2v) is 5.96. The van der Waals surface area contributed by atoms with Crippen molar-refractivity contribution in [3.8, 4) is 11.5 Å². The molecule has 0 fully saturated rings. The van der Waals surface area contributed by atoms with Crippen molar-refractivity contribution in [3.63, 3.8) is 0 Å². The number of rotatable bonds is 10. The predicted octanol–water partition coefficient (Wildman–Crippen LogP) is 4.13. The molecule has 0 aliphatic carbocycles. The van der Waals surface area contributed by atoms with Gasteiger partial charge in [0.05, 0.1) is 17.7 Å². The third kappa shape index (κ3) is 9.62. The Balaban J connectivity index is 0. The van der Waals surface area contributed by atoms with E-state index >= 15 is 0 Å². The summed E-state index contributed by atoms with van der Waals surface area (Å²) in [6.45, 7) is 8.15. The third-order valence-electron chi connectivity index (χ3n) is 2.95. The van der Waals surface area contributed by atoms with E-state index < -0.39 is 0 Å². The van der Waals surface area contributed by atoms with Crippen molar-refractivity contribution in [1.82, 2.24) is 10.2 Å². The minimum atomic E-state index is 0. The first-order valence-corrected chi connectivity index (χ1v) is 8.31. The predicted molar refractivity (Wildman–Crippen MR) is 106 cm³/mol. The highest BCUT2D eigenvalue weighted by Crippen LogP contribution is 2.36. The van der Waals surface area contributed by atoms with Crippen LogP contribution in [0, 0.1) is 0 Å². The summed E-state index contributed by atoms with van der Waals surface area (Å²) in [4.78, 5) is 2.20. The monoisotopic (exact) mass is 430 g/mol. The zero-order chi connectivity index (χ0) is 15.7. The standard InChI is InChI=1S/C16H27BrN2O2.2ClH/c1-5-20-15-11-13(10-14(17)16(15)21-6-2)12-18-8-7-9-19(3)4;;/h10-11,18H,5-9,12H2,1-4H3;2*1H. The summed E-state index contributed by atoms with van der Waals surface area (Å²) in [6, 6.07) is 4.14. The Bertz CT molecular complexity index is 435. The molecule has 0 radical (unpaired) electrons. The normalized spacial score (nSPS) is 10.0. The molecule has 136 valence electrons. The molecule has 23 heavy (non-hydrogen) atoms. The topological polar surface area (TPSA) is 33.7 Å². The molecule has 0 bridgehead atoms. The molecule has 0 aliphatic rings. The van der Waals surface area contributed by atoms with E-state index in [1.165, 1.54) is 5.56 Å². The number of ether oxygens (including phenoxy) is 2. The highest BCUT2D eigenvalue weighted by atomic mass is 79.9. The van der Waals surface area contributed by atoms with Crippen LogP contribution in [0.3, 0.4) is 0 Å². The van der Waals surface area contributed by atoms with E-state index in [0.29, 0.717) is 13.2 Å². The molecule has 7 heteroatoms. The summed E-state index contributed by atoms with van der Waals surface area (Å²) in [7, 11) is 4.19. The molecule has 0 atom stereocenters. The van der Waals surface area contributed by atoms with Crippen LogP contribution in [0.4, 0.5) is 0 Å². The second-order valence-electron chi connectivity index (χ2n) is 5.10. The Kier molecular flexibility index (Phi) is 15.4. The highest BCUT2D eigenvalue weighted by molar-refractivity contribution is 9.10. The first-order valence-electron chi connectivity index (χ1n) is 7.51. The van der Waals surface area contributed by atoms with E-state index in [4.69, 9.17) is 9.47 Å². The van der Waals surface area contributed by atoms with Gasteiger partial charge >= 0.3 is 0 Å². The molecule has 0 heterocycles. The van der Waals surface area contributed by atoms with Gasteiger partial charge in [0, 0.05) is 6.54 Å². The van der Waals surface area contributed by atoms with E-state index in [9.17, 15) is 0 Å². The smallest absolute Gasteiger partial charge is 0.175 e. The van der Waals surface area contributed by atoms with Gasteiger partial charge in [-0.05, 0) is 81.1 Å². The molecule has 1 aromatic rings. The van der Waals surface area contributed by atoms with Crippen LogP contribution < -0.4 is 14.8 Å². The van der Waals surface area contributed by atoms with E-state index in [1.807, 2.05) is 13.8 Å². The Morgan fingerprint density at radius 2 is 1.74 bits per heavy atom. The number of hydrogen-bond acceptors (Lipinski definition) is 4. The maximum absolute atomic E-state index is 5.68. The lowest BCUT2D eigenvalue weighted by atomic mass is 10.2. The fourth-order valence-electron chi connectivity index (χ4n) is 2.02. The number of benzene rings is 1. The molecule has 1 N–H and O–H groups in total. The van der Waals surface area contributed by atoms with Crippen molar-refractivity contribution in [2.75, 3.05) is 40.4 Å². The summed E-state index contributed by atoms with van der Waals surface area (Å²) < 4.78 is 12.3. The summed E-state index contributed by atoms with van der Waals surface area (Å²) in [5.41, 5.74) is 1.19. The molecular weight excluding hydrogens is 403 g/mol. The Labute approximate surface area is 161 Å². The molecule has 0 aliphatic heterocycles. The van der Waals surface area contributed by atoms with Gasteiger partial charge in [-0.3, -0.25) is 0 Å². The summed E-state index contributed by atoms with van der Waals surface area (Å²) in [6.07, 6.45) is 1.14. The fraction of sp³-hybridized carbons (Fsp3) is 0.625. The molecule has 4 nitrogen and oxygen atoms in total. The zero-order valence-electron chi connectivity index (χ0n) is 14.4. The van der Waals surface area contributed by atoms with E-state index in [1.54, 1.807) is 0 Å². The first-order chi connectivity index (χ1) is 10.1. The Morgan fingerprint density at radius 3 is 2.30 bits per heavy atom. The number of halogens is 3. The SMILES string of the molecule is CCOc1cc(CNCCCN(C)C)cc(Br)c1OCC.Cl.Cl. The van der Waals surface area contributed by atoms with Crippen LogP contribution in [-0.2, 0) is 6.54 Å². The van der Waals surface area contributed by atoms with Gasteiger partial charge in [0.2, 0.25) is 0 Å². The van der Waals surface area contributed by atoms with Crippen molar-refractivity contribution in [3.05, 3.63) is 22.2 Å². The molecule has 0 spiro atoms. The number of hydrogen-bond donors (Lipinski definition) is 1. The van der Waals surface area contributed by atoms with E-state index in [-0.39, 0.29) is 24.8 Å². The van der Waals surface area contributed by atoms with Crippen molar-refractivity contribution in [2.45, 2.75) is 26.8 Å². The molecule has 0 amide bonds. The van der Waals surface area contributed by atoms with Crippen molar-refractivity contribution in [1.29, 1.82) is 0 Å². The lowest BCUT2D eigenvalue weighted by Crippen LogP contribution is -2.21. The van der Waals surface area contributed by atoms with Gasteiger partial charge in [0.1, 0.15) is 0 Å². The molecule has 0 saturated heterocycles. The minimum absolute atomic E-state index is 0. The second kappa shape index (κ2) is 14.2. The van der Waals surface area contributed by atoms with Crippen LogP contribution in [0.5, 0.6) is 11.5 Å². The largest absolute Gasteiger partial charge is 0.490 e. The van der Waals surface area contributed by atoms with Crippen LogP contribution >= 0.6 is 40.7 Å². The first kappa shape index (κ1) is 25.0. The molecule has 1 aromatic carbocycles. The Morgan fingerprint density at radius 1 is 1.09 bits per heavy atom. The lowest BCUT2D eigenvalue weighted by molar-refractivity contribution is 0.286. The van der Waals surface area contributed by atoms with Crippen LogP contribution in [0.15, 0.2) is 16.6 Å². The maximum atomic E-state index is 5.68. The summed E-state index contributed by atoms with van der Waals surface area (Å²) in [5.74, 6) is 1.59. The van der Waals surface area contributed by atoms with Gasteiger partial charge in [-0.2, -0.15) is 0 Å². The van der Waals surface area contributed by atoms with E-state index in [2.05, 4.69) is 52.4 Å². The summed E-state index contributed by atoms with van der Waals surface area (Å²) in [5, 5.41) is 3.46. The molecule has 1 rings (SSSR count). The van der Waals surface area contributed by atoms with Crippen molar-refractivity contribution >= 4 is 40.7 Å². The average Bonchev–Trinajstić information content (AvgIpc) is 2.42. The van der Waals surface area contributed by atoms with Gasteiger partial charge in [0.25, 0.3) is 0 Å². The maximum Gasteiger partial charge on any atom is 0.175 e. The molecule has 0 unspecified atom stereocenters. The van der Waals surface area contributed by atoms with Crippen LogP contribution in [0.1, 0.15) is 25.8 Å². The highest BCUT2D eigenvalue weighted by Gasteiger charge is 2.11. The number of nitrogens with zero attached hydrogens (tertiary/aromatic N) is 1. The summed E-state index contributed by atoms with van der Waals surface area (Å²) >= 11 is 3.57. The Hall–Kier alpha value is -0.200. The van der Waals surface area contributed by atoms with Crippen LogP contribution in [0.25, 0.3) is 0 Å². The molecule has 0 aromatic heterocycles. The van der Waals surface area contributed by atoms with Crippen molar-refractivity contribution in [2.24, 2.45) is 0 Å². The van der Waals surface area contributed by atoms with Gasteiger partial charge in [0.15, 0.2) is 11.5 Å². The van der Waals surface area contributed by atoms with Crippen LogP contribution in [0.2, 0.25) is 0 Å². The third-order valence-corrected chi connectivity index (χ3v) is 3.53. The van der Waals surface area contributed by atoms with Gasteiger partial charge in [-0.25, -0.2) is 0 Å². The average molecular weight is 432 g/mol. The van der Waals surface area contributed by atoms with Crippen molar-refractivity contribution < 1.29 is 9.47 Å². The minimum Gasteiger partial charge on any atom is -0.490 e. The van der Waals surface area contributed by atoms with Crippen LogP contribution in [-0.4, -0.2) is 45.3 Å². The zero-order valence-corrected chi connectivity index (χ0v) is 17.6. The molecule has 0 saturated carbocycles.